The molecule has 1 aromatic heterocycles. The van der Waals surface area contributed by atoms with E-state index in [-0.39, 0.29) is 5.91 Å². The fraction of sp³-hybridized carbons (Fsp3) is 0.417. The van der Waals surface area contributed by atoms with Gasteiger partial charge in [-0.1, -0.05) is 61.9 Å². The number of halogens is 1. The number of amides is 1. The molecule has 0 radical (unpaired) electrons. The molecule has 1 aliphatic carbocycles. The van der Waals surface area contributed by atoms with Crippen molar-refractivity contribution >= 4 is 28.5 Å². The van der Waals surface area contributed by atoms with Crippen LogP contribution in [0.5, 0.6) is 0 Å². The van der Waals surface area contributed by atoms with Crippen molar-refractivity contribution < 1.29 is 4.79 Å². The molecule has 0 aliphatic heterocycles. The molecule has 0 bridgehead atoms. The topological polar surface area (TPSA) is 46.9 Å². The molecule has 1 N–H and O–H groups in total. The van der Waals surface area contributed by atoms with Crippen LogP contribution in [-0.4, -0.2) is 22.0 Å². The van der Waals surface area contributed by atoms with E-state index in [1.54, 1.807) is 24.3 Å². The molecule has 3 aromatic rings. The Morgan fingerprint density at radius 3 is 2.76 bits per heavy atom. The lowest BCUT2D eigenvalue weighted by Crippen LogP contribution is -2.26. The van der Waals surface area contributed by atoms with E-state index in [0.29, 0.717) is 23.6 Å². The molecule has 4 nitrogen and oxygen atoms in total. The largest absolute Gasteiger partial charge is 0.352 e. The van der Waals surface area contributed by atoms with Gasteiger partial charge in [-0.2, -0.15) is 0 Å². The molecule has 2 aromatic carbocycles. The van der Waals surface area contributed by atoms with Gasteiger partial charge in [0.05, 0.1) is 11.0 Å². The lowest BCUT2D eigenvalue weighted by atomic mass is 9.87. The molecule has 1 saturated carbocycles. The highest BCUT2D eigenvalue weighted by Crippen LogP contribution is 2.28. The summed E-state index contributed by atoms with van der Waals surface area (Å²) in [5.41, 5.74) is 2.81. The van der Waals surface area contributed by atoms with Crippen molar-refractivity contribution in [2.24, 2.45) is 5.92 Å². The molecule has 1 fully saturated rings. The third kappa shape index (κ3) is 4.99. The third-order valence-corrected chi connectivity index (χ3v) is 6.18. The zero-order valence-corrected chi connectivity index (χ0v) is 17.5. The summed E-state index contributed by atoms with van der Waals surface area (Å²) < 4.78 is 2.36. The minimum atomic E-state index is -0.0997. The second-order valence-corrected chi connectivity index (χ2v) is 8.41. The van der Waals surface area contributed by atoms with E-state index in [0.717, 1.165) is 23.8 Å². The van der Waals surface area contributed by atoms with Gasteiger partial charge in [-0.25, -0.2) is 4.98 Å². The zero-order chi connectivity index (χ0) is 20.1. The number of nitrogens with one attached hydrogen (secondary N) is 1. The number of carbonyl (C=O) groups is 1. The second-order valence-electron chi connectivity index (χ2n) is 7.98. The van der Waals surface area contributed by atoms with Gasteiger partial charge in [0.15, 0.2) is 0 Å². The summed E-state index contributed by atoms with van der Waals surface area (Å²) in [6.07, 6.45) is 8.78. The van der Waals surface area contributed by atoms with Crippen molar-refractivity contribution in [1.82, 2.24) is 14.9 Å². The van der Waals surface area contributed by atoms with Crippen molar-refractivity contribution in [3.05, 3.63) is 64.9 Å². The number of hydrogen-bond donors (Lipinski definition) is 1. The number of carbonyl (C=O) groups excluding carboxylic acids is 1. The van der Waals surface area contributed by atoms with Crippen LogP contribution in [0.2, 0.25) is 5.02 Å². The van der Waals surface area contributed by atoms with Crippen LogP contribution in [0.4, 0.5) is 0 Å². The maximum Gasteiger partial charge on any atom is 0.251 e. The Kier molecular flexibility index (Phi) is 6.50. The molecule has 0 spiro atoms. The standard InChI is InChI=1S/C24H28ClN3O/c25-20-10-6-9-19(17-20)24(29)26-15-13-23-27-21-11-4-5-12-22(21)28(23)16-14-18-7-2-1-3-8-18/h4-6,9-12,17-18H,1-3,7-8,13-16H2,(H,26,29). The maximum absolute atomic E-state index is 12.4. The number of fused-ring (bicyclic) bond motifs is 1. The summed E-state index contributed by atoms with van der Waals surface area (Å²) in [5, 5.41) is 3.57. The van der Waals surface area contributed by atoms with Crippen molar-refractivity contribution in [3.63, 3.8) is 0 Å². The normalized spacial score (nSPS) is 14.9. The molecule has 0 unspecified atom stereocenters. The van der Waals surface area contributed by atoms with Gasteiger partial charge < -0.3 is 9.88 Å². The molecular weight excluding hydrogens is 382 g/mol. The van der Waals surface area contributed by atoms with Gasteiger partial charge in [0.2, 0.25) is 0 Å². The smallest absolute Gasteiger partial charge is 0.251 e. The highest BCUT2D eigenvalue weighted by Gasteiger charge is 2.16. The van der Waals surface area contributed by atoms with E-state index in [2.05, 4.69) is 28.1 Å². The average Bonchev–Trinajstić information content (AvgIpc) is 3.10. The van der Waals surface area contributed by atoms with Gasteiger partial charge in [0, 0.05) is 30.1 Å². The quantitative estimate of drug-likeness (QED) is 0.549. The Morgan fingerprint density at radius 2 is 1.93 bits per heavy atom. The summed E-state index contributed by atoms with van der Waals surface area (Å²) >= 11 is 5.99. The summed E-state index contributed by atoms with van der Waals surface area (Å²) in [4.78, 5) is 17.2. The Bertz CT molecular complexity index is 975. The predicted molar refractivity (Wildman–Crippen MR) is 118 cm³/mol. The fourth-order valence-electron chi connectivity index (χ4n) is 4.37. The van der Waals surface area contributed by atoms with E-state index >= 15 is 0 Å². The molecule has 1 heterocycles. The van der Waals surface area contributed by atoms with Gasteiger partial charge in [-0.15, -0.1) is 0 Å². The molecule has 152 valence electrons. The second kappa shape index (κ2) is 9.45. The maximum atomic E-state index is 12.4. The number of nitrogens with zero attached hydrogens (tertiary/aromatic N) is 2. The van der Waals surface area contributed by atoms with Crippen molar-refractivity contribution in [2.75, 3.05) is 6.54 Å². The minimum Gasteiger partial charge on any atom is -0.352 e. The van der Waals surface area contributed by atoms with Crippen LogP contribution < -0.4 is 5.32 Å². The number of aryl methyl sites for hydroxylation is 1. The SMILES string of the molecule is O=C(NCCc1nc2ccccc2n1CCC1CCCCC1)c1cccc(Cl)c1. The van der Waals surface area contributed by atoms with Crippen LogP contribution >= 0.6 is 11.6 Å². The first-order valence-electron chi connectivity index (χ1n) is 10.7. The van der Waals surface area contributed by atoms with Gasteiger partial charge in [0.1, 0.15) is 5.82 Å². The molecular formula is C24H28ClN3O. The van der Waals surface area contributed by atoms with Crippen LogP contribution in [0.1, 0.15) is 54.7 Å². The molecule has 0 atom stereocenters. The Balaban J connectivity index is 1.42. The van der Waals surface area contributed by atoms with Crippen LogP contribution in [-0.2, 0) is 13.0 Å². The number of benzene rings is 2. The monoisotopic (exact) mass is 409 g/mol. The summed E-state index contributed by atoms with van der Waals surface area (Å²) in [5.74, 6) is 1.78. The third-order valence-electron chi connectivity index (χ3n) is 5.94. The zero-order valence-electron chi connectivity index (χ0n) is 16.7. The van der Waals surface area contributed by atoms with Crippen molar-refractivity contribution in [3.8, 4) is 0 Å². The molecule has 5 heteroatoms. The number of rotatable bonds is 7. The highest BCUT2D eigenvalue weighted by atomic mass is 35.5. The Hall–Kier alpha value is -2.33. The van der Waals surface area contributed by atoms with E-state index in [9.17, 15) is 4.79 Å². The number of hydrogen-bond acceptors (Lipinski definition) is 2. The first kappa shape index (κ1) is 20.0. The Labute approximate surface area is 177 Å². The fourth-order valence-corrected chi connectivity index (χ4v) is 4.56. The molecule has 0 saturated heterocycles. The summed E-state index contributed by atoms with van der Waals surface area (Å²) in [6.45, 7) is 1.56. The van der Waals surface area contributed by atoms with E-state index < -0.39 is 0 Å². The summed E-state index contributed by atoms with van der Waals surface area (Å²) in [6, 6.07) is 15.4. The van der Waals surface area contributed by atoms with Crippen LogP contribution in [0.3, 0.4) is 0 Å². The van der Waals surface area contributed by atoms with Gasteiger partial charge in [-0.05, 0) is 42.7 Å². The van der Waals surface area contributed by atoms with Crippen molar-refractivity contribution in [1.29, 1.82) is 0 Å². The van der Waals surface area contributed by atoms with Crippen LogP contribution in [0.25, 0.3) is 11.0 Å². The van der Waals surface area contributed by atoms with E-state index in [4.69, 9.17) is 16.6 Å². The minimum absolute atomic E-state index is 0.0997. The number of aromatic nitrogens is 2. The molecule has 29 heavy (non-hydrogen) atoms. The van der Waals surface area contributed by atoms with E-state index in [1.807, 2.05) is 6.07 Å². The lowest BCUT2D eigenvalue weighted by Gasteiger charge is -2.22. The number of imidazole rings is 1. The lowest BCUT2D eigenvalue weighted by molar-refractivity contribution is 0.0954. The molecule has 1 aliphatic rings. The average molecular weight is 410 g/mol. The predicted octanol–water partition coefficient (Wildman–Crippen LogP) is 5.63. The van der Waals surface area contributed by atoms with Gasteiger partial charge in [-0.3, -0.25) is 4.79 Å². The van der Waals surface area contributed by atoms with Crippen molar-refractivity contribution in [2.45, 2.75) is 51.5 Å². The molecule has 4 rings (SSSR count). The van der Waals surface area contributed by atoms with Crippen LogP contribution in [0, 0.1) is 5.92 Å². The first-order chi connectivity index (χ1) is 14.2. The van der Waals surface area contributed by atoms with Gasteiger partial charge >= 0.3 is 0 Å². The van der Waals surface area contributed by atoms with E-state index in [1.165, 1.54) is 44.0 Å². The summed E-state index contributed by atoms with van der Waals surface area (Å²) in [7, 11) is 0. The van der Waals surface area contributed by atoms with Crippen LogP contribution in [0.15, 0.2) is 48.5 Å². The Morgan fingerprint density at radius 1 is 1.10 bits per heavy atom. The number of para-hydroxylation sites is 2. The first-order valence-corrected chi connectivity index (χ1v) is 11.1. The molecule has 1 amide bonds. The van der Waals surface area contributed by atoms with Gasteiger partial charge in [0.25, 0.3) is 5.91 Å². The highest BCUT2D eigenvalue weighted by molar-refractivity contribution is 6.30.